The van der Waals surface area contributed by atoms with Gasteiger partial charge in [-0.05, 0) is 39.0 Å². The van der Waals surface area contributed by atoms with Gasteiger partial charge in [-0.1, -0.05) is 36.0 Å². The minimum absolute atomic E-state index is 0.0279. The minimum atomic E-state index is -0.240. The molecule has 1 aliphatic heterocycles. The van der Waals surface area contributed by atoms with Gasteiger partial charge in [-0.2, -0.15) is 0 Å². The van der Waals surface area contributed by atoms with E-state index in [0.29, 0.717) is 6.61 Å². The van der Waals surface area contributed by atoms with Crippen LogP contribution in [-0.4, -0.2) is 30.7 Å². The second-order valence-electron chi connectivity index (χ2n) is 5.59. The number of aliphatic hydroxyl groups excluding tert-OH is 1. The summed E-state index contributed by atoms with van der Waals surface area (Å²) in [4.78, 5) is 0. The highest BCUT2D eigenvalue weighted by Crippen LogP contribution is 2.19. The number of hydrogen-bond acceptors (Lipinski definition) is 3. The van der Waals surface area contributed by atoms with Crippen LogP contribution in [0.4, 0.5) is 0 Å². The van der Waals surface area contributed by atoms with Crippen LogP contribution in [0.3, 0.4) is 0 Å². The zero-order chi connectivity index (χ0) is 14.2. The molecule has 3 nitrogen and oxygen atoms in total. The van der Waals surface area contributed by atoms with Gasteiger partial charge >= 0.3 is 0 Å². The van der Waals surface area contributed by atoms with Crippen molar-refractivity contribution in [2.75, 3.05) is 13.2 Å². The van der Waals surface area contributed by atoms with Crippen molar-refractivity contribution in [1.82, 2.24) is 0 Å². The van der Waals surface area contributed by atoms with E-state index in [-0.39, 0.29) is 18.3 Å². The number of hydrogen-bond donors (Lipinski definition) is 1. The zero-order valence-electron chi connectivity index (χ0n) is 12.3. The fourth-order valence-corrected chi connectivity index (χ4v) is 2.49. The molecule has 1 unspecified atom stereocenters. The molecule has 1 saturated heterocycles. The van der Waals surface area contributed by atoms with Gasteiger partial charge in [-0.15, -0.1) is 0 Å². The summed E-state index contributed by atoms with van der Waals surface area (Å²) in [5.74, 6) is 0.148. The Morgan fingerprint density at radius 3 is 3.05 bits per heavy atom. The molecule has 0 aromatic carbocycles. The number of allylic oxidation sites excluding steroid dienone is 3. The van der Waals surface area contributed by atoms with Gasteiger partial charge in [0, 0.05) is 12.5 Å². The summed E-state index contributed by atoms with van der Waals surface area (Å²) >= 11 is 0. The molecule has 0 aromatic rings. The molecule has 20 heavy (non-hydrogen) atoms. The van der Waals surface area contributed by atoms with Crippen molar-refractivity contribution in [3.8, 4) is 0 Å². The maximum Gasteiger partial charge on any atom is 0.157 e. The van der Waals surface area contributed by atoms with Crippen molar-refractivity contribution < 1.29 is 14.6 Å². The molecule has 2 rings (SSSR count). The first-order valence-corrected chi connectivity index (χ1v) is 7.68. The van der Waals surface area contributed by atoms with Crippen molar-refractivity contribution in [1.29, 1.82) is 0 Å². The van der Waals surface area contributed by atoms with Gasteiger partial charge in [0.1, 0.15) is 0 Å². The number of ether oxygens (including phenoxy) is 2. The van der Waals surface area contributed by atoms with Gasteiger partial charge in [0.2, 0.25) is 0 Å². The Balaban J connectivity index is 1.72. The molecule has 2 aliphatic rings. The summed E-state index contributed by atoms with van der Waals surface area (Å²) in [7, 11) is 0. The SMILES string of the molecule is CC(/C=C\[C@H]1C=CCC[C@@H]1O)=C\COC1CCCCO1. The van der Waals surface area contributed by atoms with Crippen LogP contribution in [0.25, 0.3) is 0 Å². The predicted molar refractivity (Wildman–Crippen MR) is 80.3 cm³/mol. The Kier molecular flexibility index (Phi) is 6.51. The first kappa shape index (κ1) is 15.5. The summed E-state index contributed by atoms with van der Waals surface area (Å²) < 4.78 is 11.2. The lowest BCUT2D eigenvalue weighted by molar-refractivity contribution is -0.155. The second-order valence-corrected chi connectivity index (χ2v) is 5.59. The van der Waals surface area contributed by atoms with E-state index in [1.807, 2.05) is 0 Å². The molecule has 1 N–H and O–H groups in total. The first-order valence-electron chi connectivity index (χ1n) is 7.68. The standard InChI is InChI=1S/C17H26O3/c1-14(9-10-15-6-2-3-7-16(15)18)11-13-20-17-8-4-5-12-19-17/h2,6,9-11,15-18H,3-5,7-8,12-13H2,1H3/b10-9-,14-11+/t15-,16+,17?/m1/s1. The van der Waals surface area contributed by atoms with Crippen molar-refractivity contribution in [2.24, 2.45) is 5.92 Å². The van der Waals surface area contributed by atoms with Crippen LogP contribution in [0.5, 0.6) is 0 Å². The van der Waals surface area contributed by atoms with E-state index in [1.165, 1.54) is 6.42 Å². The Bertz CT molecular complexity index is 364. The minimum Gasteiger partial charge on any atom is -0.392 e. The highest BCUT2D eigenvalue weighted by atomic mass is 16.7. The highest BCUT2D eigenvalue weighted by molar-refractivity contribution is 5.19. The third-order valence-electron chi connectivity index (χ3n) is 3.84. The molecule has 1 heterocycles. The summed E-state index contributed by atoms with van der Waals surface area (Å²) in [6.45, 7) is 3.46. The Morgan fingerprint density at radius 1 is 1.40 bits per heavy atom. The number of rotatable bonds is 5. The van der Waals surface area contributed by atoms with E-state index in [1.54, 1.807) is 0 Å². The molecule has 0 saturated carbocycles. The van der Waals surface area contributed by atoms with E-state index in [4.69, 9.17) is 9.47 Å². The van der Waals surface area contributed by atoms with Gasteiger partial charge < -0.3 is 14.6 Å². The van der Waals surface area contributed by atoms with E-state index >= 15 is 0 Å². The summed E-state index contributed by atoms with van der Waals surface area (Å²) in [5.41, 5.74) is 1.16. The predicted octanol–water partition coefficient (Wildman–Crippen LogP) is 3.36. The van der Waals surface area contributed by atoms with Gasteiger partial charge in [0.25, 0.3) is 0 Å². The summed E-state index contributed by atoms with van der Waals surface area (Å²) in [6, 6.07) is 0. The molecular weight excluding hydrogens is 252 g/mol. The normalized spacial score (nSPS) is 31.9. The molecule has 3 atom stereocenters. The molecule has 0 bridgehead atoms. The van der Waals surface area contributed by atoms with Crippen LogP contribution < -0.4 is 0 Å². The van der Waals surface area contributed by atoms with Gasteiger partial charge in [0.15, 0.2) is 6.29 Å². The summed E-state index contributed by atoms with van der Waals surface area (Å²) in [6.07, 6.45) is 15.3. The van der Waals surface area contributed by atoms with Crippen molar-refractivity contribution >= 4 is 0 Å². The quantitative estimate of drug-likeness (QED) is 0.619. The molecule has 0 spiro atoms. The van der Waals surface area contributed by atoms with Gasteiger partial charge in [0.05, 0.1) is 12.7 Å². The zero-order valence-corrected chi connectivity index (χ0v) is 12.3. The van der Waals surface area contributed by atoms with Gasteiger partial charge in [-0.3, -0.25) is 0 Å². The monoisotopic (exact) mass is 278 g/mol. The largest absolute Gasteiger partial charge is 0.392 e. The average molecular weight is 278 g/mol. The third kappa shape index (κ3) is 5.23. The van der Waals surface area contributed by atoms with Crippen LogP contribution in [0, 0.1) is 5.92 Å². The van der Waals surface area contributed by atoms with Crippen LogP contribution >= 0.6 is 0 Å². The van der Waals surface area contributed by atoms with Crippen LogP contribution in [0.15, 0.2) is 36.0 Å². The van der Waals surface area contributed by atoms with Gasteiger partial charge in [-0.25, -0.2) is 0 Å². The highest BCUT2D eigenvalue weighted by Gasteiger charge is 2.15. The topological polar surface area (TPSA) is 38.7 Å². The maximum absolute atomic E-state index is 9.86. The molecule has 0 aromatic heterocycles. The van der Waals surface area contributed by atoms with E-state index in [9.17, 15) is 5.11 Å². The van der Waals surface area contributed by atoms with Crippen molar-refractivity contribution in [2.45, 2.75) is 51.4 Å². The van der Waals surface area contributed by atoms with Crippen LogP contribution in [0.2, 0.25) is 0 Å². The van der Waals surface area contributed by atoms with Crippen molar-refractivity contribution in [3.05, 3.63) is 36.0 Å². The average Bonchev–Trinajstić information content (AvgIpc) is 2.47. The van der Waals surface area contributed by atoms with E-state index < -0.39 is 0 Å². The molecule has 1 fully saturated rings. The number of aliphatic hydroxyl groups is 1. The molecule has 0 amide bonds. The summed E-state index contributed by atoms with van der Waals surface area (Å²) in [5, 5.41) is 9.86. The van der Waals surface area contributed by atoms with E-state index in [0.717, 1.165) is 37.9 Å². The second kappa shape index (κ2) is 8.40. The molecule has 0 radical (unpaired) electrons. The van der Waals surface area contributed by atoms with Crippen molar-refractivity contribution in [3.63, 3.8) is 0 Å². The lowest BCUT2D eigenvalue weighted by Crippen LogP contribution is -2.22. The smallest absolute Gasteiger partial charge is 0.157 e. The third-order valence-corrected chi connectivity index (χ3v) is 3.84. The lowest BCUT2D eigenvalue weighted by atomic mass is 9.92. The Hall–Kier alpha value is -0.900. The van der Waals surface area contributed by atoms with Crippen LogP contribution in [0.1, 0.15) is 39.0 Å². The molecular formula is C17H26O3. The first-order chi connectivity index (χ1) is 9.75. The molecule has 3 heteroatoms. The van der Waals surface area contributed by atoms with Crippen LogP contribution in [-0.2, 0) is 9.47 Å². The Morgan fingerprint density at radius 2 is 2.30 bits per heavy atom. The molecule has 112 valence electrons. The maximum atomic E-state index is 9.86. The fraction of sp³-hybridized carbons (Fsp3) is 0.647. The molecule has 1 aliphatic carbocycles. The fourth-order valence-electron chi connectivity index (χ4n) is 2.49. The van der Waals surface area contributed by atoms with E-state index in [2.05, 4.69) is 37.3 Å². The Labute approximate surface area is 122 Å². The lowest BCUT2D eigenvalue weighted by Gasteiger charge is -2.22.